The average Bonchev–Trinajstić information content (AvgIpc) is 3.01. The maximum absolute atomic E-state index is 12.3. The molecular weight excluding hydrogens is 332 g/mol. The highest BCUT2D eigenvalue weighted by Crippen LogP contribution is 2.39. The summed E-state index contributed by atoms with van der Waals surface area (Å²) in [5.74, 6) is 0.601. The van der Waals surface area contributed by atoms with E-state index in [9.17, 15) is 9.59 Å². The lowest BCUT2D eigenvalue weighted by atomic mass is 10.1. The topological polar surface area (TPSA) is 49.4 Å². The third-order valence-electron chi connectivity index (χ3n) is 4.16. The van der Waals surface area contributed by atoms with E-state index < -0.39 is 0 Å². The molecule has 1 aliphatic heterocycles. The van der Waals surface area contributed by atoms with E-state index in [1.54, 1.807) is 11.8 Å². The largest absolute Gasteiger partial charge is 0.352 e. The Kier molecular flexibility index (Phi) is 5.76. The molecule has 0 radical (unpaired) electrons. The van der Waals surface area contributed by atoms with Crippen LogP contribution < -0.4 is 5.32 Å². The molecule has 1 N–H and O–H groups in total. The number of amides is 2. The molecular formula is C20H22N2O2S. The molecule has 0 aromatic heterocycles. The first-order valence-electron chi connectivity index (χ1n) is 8.52. The Morgan fingerprint density at radius 2 is 1.88 bits per heavy atom. The second kappa shape index (κ2) is 8.21. The van der Waals surface area contributed by atoms with Crippen LogP contribution >= 0.6 is 11.8 Å². The molecule has 1 aliphatic rings. The Morgan fingerprint density at radius 1 is 1.16 bits per heavy atom. The van der Waals surface area contributed by atoms with Crippen LogP contribution in [0.25, 0.3) is 0 Å². The van der Waals surface area contributed by atoms with Gasteiger partial charge in [0.05, 0.1) is 5.75 Å². The summed E-state index contributed by atoms with van der Waals surface area (Å²) in [6.07, 6.45) is 0.916. The average molecular weight is 354 g/mol. The molecule has 25 heavy (non-hydrogen) atoms. The van der Waals surface area contributed by atoms with E-state index in [0.717, 1.165) is 17.5 Å². The fourth-order valence-corrected chi connectivity index (χ4v) is 4.01. The molecule has 0 bridgehead atoms. The predicted octanol–water partition coefficient (Wildman–Crippen LogP) is 3.60. The van der Waals surface area contributed by atoms with Gasteiger partial charge in [0.15, 0.2) is 0 Å². The van der Waals surface area contributed by atoms with E-state index in [2.05, 4.69) is 5.32 Å². The summed E-state index contributed by atoms with van der Waals surface area (Å²) in [6, 6.07) is 17.6. The number of carbonyl (C=O) groups is 2. The number of hydrogen-bond donors (Lipinski definition) is 1. The van der Waals surface area contributed by atoms with Crippen molar-refractivity contribution in [2.45, 2.75) is 25.3 Å². The molecule has 1 saturated heterocycles. The molecule has 0 unspecified atom stereocenters. The Hall–Kier alpha value is -2.27. The molecule has 2 aromatic rings. The van der Waals surface area contributed by atoms with Gasteiger partial charge in [-0.25, -0.2) is 0 Å². The van der Waals surface area contributed by atoms with Crippen molar-refractivity contribution in [3.05, 3.63) is 71.3 Å². The fourth-order valence-electron chi connectivity index (χ4n) is 2.82. The Morgan fingerprint density at radius 3 is 2.56 bits per heavy atom. The third kappa shape index (κ3) is 4.23. The van der Waals surface area contributed by atoms with E-state index in [1.807, 2.05) is 66.4 Å². The minimum atomic E-state index is -0.0512. The number of thioether (sulfide) groups is 1. The van der Waals surface area contributed by atoms with Gasteiger partial charge in [0.25, 0.3) is 5.91 Å². The molecule has 2 amide bonds. The second-order valence-corrected chi connectivity index (χ2v) is 7.12. The zero-order valence-electron chi connectivity index (χ0n) is 14.3. The Labute approximate surface area is 152 Å². The lowest BCUT2D eigenvalue weighted by molar-refractivity contribution is -0.128. The van der Waals surface area contributed by atoms with Gasteiger partial charge in [-0.2, -0.15) is 0 Å². The lowest BCUT2D eigenvalue weighted by Gasteiger charge is -2.24. The van der Waals surface area contributed by atoms with E-state index >= 15 is 0 Å². The van der Waals surface area contributed by atoms with Gasteiger partial charge in [0, 0.05) is 18.7 Å². The van der Waals surface area contributed by atoms with E-state index in [1.165, 1.54) is 0 Å². The number of carbonyl (C=O) groups excluding carboxylic acids is 2. The molecule has 1 atom stereocenters. The smallest absolute Gasteiger partial charge is 0.251 e. The van der Waals surface area contributed by atoms with Crippen LogP contribution in [0.4, 0.5) is 0 Å². The fraction of sp³-hybridized carbons (Fsp3) is 0.300. The van der Waals surface area contributed by atoms with Gasteiger partial charge in [-0.05, 0) is 29.7 Å². The maximum atomic E-state index is 12.3. The third-order valence-corrected chi connectivity index (χ3v) is 5.41. The maximum Gasteiger partial charge on any atom is 0.251 e. The standard InChI is InChI=1S/C20H22N2O2S/c1-2-12-21-19(24)16-8-10-17(11-9-16)20-22(18(23)14-25-20)13-15-6-4-3-5-7-15/h3-11,20H,2,12-14H2,1H3,(H,21,24)/t20-/m1/s1. The molecule has 4 nitrogen and oxygen atoms in total. The summed E-state index contributed by atoms with van der Waals surface area (Å²) >= 11 is 1.63. The van der Waals surface area contributed by atoms with Crippen LogP contribution in [0.1, 0.15) is 40.2 Å². The van der Waals surface area contributed by atoms with Crippen LogP contribution in [-0.2, 0) is 11.3 Å². The molecule has 3 rings (SSSR count). The summed E-state index contributed by atoms with van der Waals surface area (Å²) < 4.78 is 0. The SMILES string of the molecule is CCCNC(=O)c1ccc([C@H]2SCC(=O)N2Cc2ccccc2)cc1. The minimum absolute atomic E-state index is 0.000425. The van der Waals surface area contributed by atoms with Gasteiger partial charge >= 0.3 is 0 Å². The molecule has 0 aliphatic carbocycles. The van der Waals surface area contributed by atoms with Crippen molar-refractivity contribution in [2.24, 2.45) is 0 Å². The van der Waals surface area contributed by atoms with Crippen LogP contribution in [0.15, 0.2) is 54.6 Å². The first kappa shape index (κ1) is 17.5. The van der Waals surface area contributed by atoms with Crippen molar-refractivity contribution in [1.29, 1.82) is 0 Å². The van der Waals surface area contributed by atoms with Crippen molar-refractivity contribution < 1.29 is 9.59 Å². The first-order chi connectivity index (χ1) is 12.2. The van der Waals surface area contributed by atoms with Gasteiger partial charge < -0.3 is 10.2 Å². The number of hydrogen-bond acceptors (Lipinski definition) is 3. The molecule has 0 saturated carbocycles. The van der Waals surface area contributed by atoms with Crippen molar-refractivity contribution in [1.82, 2.24) is 10.2 Å². The molecule has 1 heterocycles. The van der Waals surface area contributed by atoms with Crippen molar-refractivity contribution >= 4 is 23.6 Å². The molecule has 0 spiro atoms. The van der Waals surface area contributed by atoms with Crippen molar-refractivity contribution in [2.75, 3.05) is 12.3 Å². The van der Waals surface area contributed by atoms with Gasteiger partial charge in [0.2, 0.25) is 5.91 Å². The normalized spacial score (nSPS) is 16.9. The summed E-state index contributed by atoms with van der Waals surface area (Å²) in [5.41, 5.74) is 2.83. The monoisotopic (exact) mass is 354 g/mol. The van der Waals surface area contributed by atoms with E-state index in [-0.39, 0.29) is 17.2 Å². The summed E-state index contributed by atoms with van der Waals surface area (Å²) in [7, 11) is 0. The highest BCUT2D eigenvalue weighted by atomic mass is 32.2. The first-order valence-corrected chi connectivity index (χ1v) is 9.57. The highest BCUT2D eigenvalue weighted by molar-refractivity contribution is 8.00. The zero-order chi connectivity index (χ0) is 17.6. The van der Waals surface area contributed by atoms with E-state index in [4.69, 9.17) is 0 Å². The Balaban J connectivity index is 1.73. The van der Waals surface area contributed by atoms with Gasteiger partial charge in [-0.3, -0.25) is 9.59 Å². The van der Waals surface area contributed by atoms with Crippen LogP contribution in [0.2, 0.25) is 0 Å². The van der Waals surface area contributed by atoms with Crippen LogP contribution in [0.5, 0.6) is 0 Å². The Bertz CT molecular complexity index is 731. The molecule has 5 heteroatoms. The van der Waals surface area contributed by atoms with Crippen LogP contribution in [0.3, 0.4) is 0 Å². The van der Waals surface area contributed by atoms with Crippen LogP contribution in [-0.4, -0.2) is 29.0 Å². The minimum Gasteiger partial charge on any atom is -0.352 e. The van der Waals surface area contributed by atoms with E-state index in [0.29, 0.717) is 24.4 Å². The van der Waals surface area contributed by atoms with Gasteiger partial charge in [-0.1, -0.05) is 49.4 Å². The second-order valence-electron chi connectivity index (χ2n) is 6.05. The quantitative estimate of drug-likeness (QED) is 0.862. The number of nitrogens with zero attached hydrogens (tertiary/aromatic N) is 1. The van der Waals surface area contributed by atoms with Gasteiger partial charge in [-0.15, -0.1) is 11.8 Å². The number of benzene rings is 2. The molecule has 130 valence electrons. The summed E-state index contributed by atoms with van der Waals surface area (Å²) in [4.78, 5) is 26.2. The number of nitrogens with one attached hydrogen (secondary N) is 1. The highest BCUT2D eigenvalue weighted by Gasteiger charge is 2.32. The van der Waals surface area contributed by atoms with Gasteiger partial charge in [0.1, 0.15) is 5.37 Å². The molecule has 2 aromatic carbocycles. The van der Waals surface area contributed by atoms with Crippen molar-refractivity contribution in [3.8, 4) is 0 Å². The molecule has 1 fully saturated rings. The summed E-state index contributed by atoms with van der Waals surface area (Å²) in [6.45, 7) is 3.31. The number of rotatable bonds is 6. The van der Waals surface area contributed by atoms with Crippen LogP contribution in [0, 0.1) is 0 Å². The predicted molar refractivity (Wildman–Crippen MR) is 101 cm³/mol. The summed E-state index contributed by atoms with van der Waals surface area (Å²) in [5, 5.41) is 2.88. The van der Waals surface area contributed by atoms with Crippen molar-refractivity contribution in [3.63, 3.8) is 0 Å². The zero-order valence-corrected chi connectivity index (χ0v) is 15.1. The lowest BCUT2D eigenvalue weighted by Crippen LogP contribution is -2.27.